The summed E-state index contributed by atoms with van der Waals surface area (Å²) >= 11 is 9.87. The third-order valence-corrected chi connectivity index (χ3v) is 5.07. The lowest BCUT2D eigenvalue weighted by atomic mass is 9.98. The maximum Gasteiger partial charge on any atom is 0.417 e. The van der Waals surface area contributed by atoms with E-state index in [2.05, 4.69) is 15.9 Å². The molecule has 6 heteroatoms. The van der Waals surface area contributed by atoms with E-state index in [0.29, 0.717) is 11.6 Å². The summed E-state index contributed by atoms with van der Waals surface area (Å²) in [6.45, 7) is 6.13. The van der Waals surface area contributed by atoms with Crippen molar-refractivity contribution in [2.45, 2.75) is 43.3 Å². The average Bonchev–Trinajstić information content (AvgIpc) is 2.81. The quantitative estimate of drug-likeness (QED) is 0.631. The van der Waals surface area contributed by atoms with Crippen molar-refractivity contribution in [3.05, 3.63) is 28.8 Å². The molecule has 1 fully saturated rings. The molecule has 3 rings (SSSR count). The lowest BCUT2D eigenvalue weighted by Crippen LogP contribution is -2.45. The van der Waals surface area contributed by atoms with Gasteiger partial charge in [-0.3, -0.25) is 0 Å². The molecule has 0 aliphatic carbocycles. The van der Waals surface area contributed by atoms with E-state index in [-0.39, 0.29) is 0 Å². The molecule has 2 aliphatic rings. The van der Waals surface area contributed by atoms with Gasteiger partial charge in [0.05, 0.1) is 12.3 Å². The Balaban J connectivity index is 2.04. The van der Waals surface area contributed by atoms with Crippen LogP contribution in [0.2, 0.25) is 5.02 Å². The topological polar surface area (TPSA) is 38.8 Å². The van der Waals surface area contributed by atoms with Gasteiger partial charge in [-0.15, -0.1) is 0 Å². The first-order valence-electron chi connectivity index (χ1n) is 6.85. The SMILES string of the molecule is CC(C)(C)OC(=O)N1c2ccc(Cl)cc2[C@]2(Br)CCO[C@H]12. The summed E-state index contributed by atoms with van der Waals surface area (Å²) in [7, 11) is 0. The summed E-state index contributed by atoms with van der Waals surface area (Å²) in [4.78, 5) is 14.1. The molecule has 2 atom stereocenters. The minimum Gasteiger partial charge on any atom is -0.443 e. The zero-order chi connectivity index (χ0) is 15.4. The van der Waals surface area contributed by atoms with Crippen molar-refractivity contribution in [2.24, 2.45) is 0 Å². The third-order valence-electron chi connectivity index (χ3n) is 3.62. The van der Waals surface area contributed by atoms with E-state index in [1.807, 2.05) is 32.9 Å². The predicted molar refractivity (Wildman–Crippen MR) is 85.1 cm³/mol. The summed E-state index contributed by atoms with van der Waals surface area (Å²) in [6.07, 6.45) is -0.0234. The second-order valence-electron chi connectivity index (χ2n) is 6.35. The largest absolute Gasteiger partial charge is 0.443 e. The number of hydrogen-bond donors (Lipinski definition) is 0. The fourth-order valence-electron chi connectivity index (χ4n) is 2.80. The molecular formula is C15H17BrClNO3. The molecule has 1 aromatic rings. The molecule has 0 bridgehead atoms. The monoisotopic (exact) mass is 373 g/mol. The summed E-state index contributed by atoms with van der Waals surface area (Å²) in [5.74, 6) is 0. The van der Waals surface area contributed by atoms with E-state index >= 15 is 0 Å². The Morgan fingerprint density at radius 1 is 1.52 bits per heavy atom. The first kappa shape index (κ1) is 15.1. The van der Waals surface area contributed by atoms with E-state index in [1.54, 1.807) is 11.0 Å². The van der Waals surface area contributed by atoms with Crippen LogP contribution in [0.25, 0.3) is 0 Å². The summed E-state index contributed by atoms with van der Waals surface area (Å²) in [6, 6.07) is 5.50. The second kappa shape index (κ2) is 4.86. The van der Waals surface area contributed by atoms with Gasteiger partial charge in [0.1, 0.15) is 9.93 Å². The van der Waals surface area contributed by atoms with Gasteiger partial charge in [-0.2, -0.15) is 0 Å². The van der Waals surface area contributed by atoms with Crippen LogP contribution in [0, 0.1) is 0 Å². The Kier molecular flexibility index (Phi) is 3.50. The standard InChI is InChI=1S/C15H17BrClNO3/c1-14(2,3)21-13(19)18-11-5-4-9(17)8-10(11)15(16)6-7-20-12(15)18/h4-5,8,12H,6-7H2,1-3H3/t12-,15+/m0/s1. The summed E-state index contributed by atoms with van der Waals surface area (Å²) in [5, 5.41) is 0.643. The van der Waals surface area contributed by atoms with Crippen molar-refractivity contribution in [3.8, 4) is 0 Å². The lowest BCUT2D eigenvalue weighted by Gasteiger charge is -2.29. The minimum absolute atomic E-state index is 0.402. The number of carbonyl (C=O) groups is 1. The third kappa shape index (κ3) is 2.45. The number of rotatable bonds is 0. The van der Waals surface area contributed by atoms with Gasteiger partial charge in [-0.1, -0.05) is 27.5 Å². The Hall–Kier alpha value is -0.780. The van der Waals surface area contributed by atoms with Gasteiger partial charge in [0.2, 0.25) is 0 Å². The van der Waals surface area contributed by atoms with Gasteiger partial charge < -0.3 is 9.47 Å². The number of fused-ring (bicyclic) bond motifs is 3. The number of hydrogen-bond acceptors (Lipinski definition) is 3. The zero-order valence-corrected chi connectivity index (χ0v) is 14.5. The molecule has 0 N–H and O–H groups in total. The van der Waals surface area contributed by atoms with Gasteiger partial charge in [0.15, 0.2) is 6.23 Å². The van der Waals surface area contributed by atoms with Gasteiger partial charge in [0, 0.05) is 5.02 Å². The molecule has 1 amide bonds. The van der Waals surface area contributed by atoms with Crippen LogP contribution >= 0.6 is 27.5 Å². The number of benzene rings is 1. The highest BCUT2D eigenvalue weighted by Crippen LogP contribution is 2.55. The zero-order valence-electron chi connectivity index (χ0n) is 12.2. The number of nitrogens with zero attached hydrogens (tertiary/aromatic N) is 1. The van der Waals surface area contributed by atoms with Crippen LogP contribution in [-0.2, 0) is 13.8 Å². The van der Waals surface area contributed by atoms with Gasteiger partial charge in [0.25, 0.3) is 0 Å². The maximum atomic E-state index is 12.6. The highest BCUT2D eigenvalue weighted by molar-refractivity contribution is 9.09. The van der Waals surface area contributed by atoms with E-state index in [1.165, 1.54) is 0 Å². The average molecular weight is 375 g/mol. The van der Waals surface area contributed by atoms with Gasteiger partial charge >= 0.3 is 6.09 Å². The highest BCUT2D eigenvalue weighted by atomic mass is 79.9. The van der Waals surface area contributed by atoms with Crippen molar-refractivity contribution in [2.75, 3.05) is 11.5 Å². The molecule has 1 saturated heterocycles. The first-order chi connectivity index (χ1) is 9.72. The van der Waals surface area contributed by atoms with Crippen LogP contribution in [-0.4, -0.2) is 24.5 Å². The highest BCUT2D eigenvalue weighted by Gasteiger charge is 2.56. The fraction of sp³-hybridized carbons (Fsp3) is 0.533. The van der Waals surface area contributed by atoms with Crippen LogP contribution in [0.3, 0.4) is 0 Å². The van der Waals surface area contributed by atoms with Crippen LogP contribution in [0.15, 0.2) is 18.2 Å². The molecule has 2 heterocycles. The normalized spacial score (nSPS) is 27.5. The number of ether oxygens (including phenoxy) is 2. The smallest absolute Gasteiger partial charge is 0.417 e. The molecule has 2 aliphatic heterocycles. The number of alkyl halides is 1. The van der Waals surface area contributed by atoms with Crippen molar-refractivity contribution in [1.29, 1.82) is 0 Å². The molecule has 0 unspecified atom stereocenters. The van der Waals surface area contributed by atoms with E-state index < -0.39 is 22.2 Å². The maximum absolute atomic E-state index is 12.6. The molecular weight excluding hydrogens is 358 g/mol. The minimum atomic E-state index is -0.556. The summed E-state index contributed by atoms with van der Waals surface area (Å²) in [5.41, 5.74) is 1.21. The molecule has 0 saturated carbocycles. The Labute approximate surface area is 137 Å². The fourth-order valence-corrected chi connectivity index (χ4v) is 3.79. The summed E-state index contributed by atoms with van der Waals surface area (Å²) < 4.78 is 10.9. The number of amides is 1. The lowest BCUT2D eigenvalue weighted by molar-refractivity contribution is 0.0411. The predicted octanol–water partition coefficient (Wildman–Crippen LogP) is 4.43. The van der Waals surface area contributed by atoms with Gasteiger partial charge in [-0.05, 0) is 51.0 Å². The molecule has 0 aromatic heterocycles. The van der Waals surface area contributed by atoms with Crippen molar-refractivity contribution < 1.29 is 14.3 Å². The van der Waals surface area contributed by atoms with Crippen molar-refractivity contribution in [3.63, 3.8) is 0 Å². The molecule has 21 heavy (non-hydrogen) atoms. The second-order valence-corrected chi connectivity index (χ2v) is 8.20. The molecule has 0 spiro atoms. The van der Waals surface area contributed by atoms with Crippen LogP contribution in [0.5, 0.6) is 0 Å². The number of carbonyl (C=O) groups excluding carboxylic acids is 1. The van der Waals surface area contributed by atoms with E-state index in [4.69, 9.17) is 21.1 Å². The van der Waals surface area contributed by atoms with Gasteiger partial charge in [-0.25, -0.2) is 9.69 Å². The van der Waals surface area contributed by atoms with Crippen LogP contribution < -0.4 is 4.90 Å². The Bertz CT molecular complexity index is 601. The van der Waals surface area contributed by atoms with E-state index in [9.17, 15) is 4.79 Å². The molecule has 114 valence electrons. The molecule has 1 aromatic carbocycles. The number of anilines is 1. The van der Waals surface area contributed by atoms with Crippen molar-refractivity contribution in [1.82, 2.24) is 0 Å². The van der Waals surface area contributed by atoms with Crippen molar-refractivity contribution >= 4 is 39.3 Å². The van der Waals surface area contributed by atoms with Crippen LogP contribution in [0.4, 0.5) is 10.5 Å². The first-order valence-corrected chi connectivity index (χ1v) is 8.02. The number of halogens is 2. The van der Waals surface area contributed by atoms with Crippen LogP contribution in [0.1, 0.15) is 32.8 Å². The molecule has 0 radical (unpaired) electrons. The Morgan fingerprint density at radius 3 is 2.90 bits per heavy atom. The Morgan fingerprint density at radius 2 is 2.24 bits per heavy atom. The molecule has 4 nitrogen and oxygen atoms in total. The van der Waals surface area contributed by atoms with E-state index in [0.717, 1.165) is 17.7 Å².